The summed E-state index contributed by atoms with van der Waals surface area (Å²) in [6, 6.07) is 10.2. The van der Waals surface area contributed by atoms with Gasteiger partial charge in [-0.25, -0.2) is 9.79 Å². The van der Waals surface area contributed by atoms with Crippen LogP contribution in [0.1, 0.15) is 70.0 Å². The Morgan fingerprint density at radius 2 is 2.00 bits per heavy atom. The van der Waals surface area contributed by atoms with E-state index in [2.05, 4.69) is 21.3 Å². The average Bonchev–Trinajstić information content (AvgIpc) is 3.55. The first-order valence-corrected chi connectivity index (χ1v) is 13.4. The van der Waals surface area contributed by atoms with E-state index in [9.17, 15) is 19.6 Å². The molecule has 3 heterocycles. The minimum Gasteiger partial charge on any atom is -0.464 e. The summed E-state index contributed by atoms with van der Waals surface area (Å²) < 4.78 is 4.92. The molecule has 0 aliphatic carbocycles. The molecule has 1 atom stereocenters. The Balaban J connectivity index is 0.00000186. The van der Waals surface area contributed by atoms with Crippen molar-refractivity contribution in [3.05, 3.63) is 51.2 Å². The monoisotopic (exact) mass is 523 g/mol. The van der Waals surface area contributed by atoms with Gasteiger partial charge < -0.3 is 19.9 Å². The van der Waals surface area contributed by atoms with Crippen molar-refractivity contribution in [1.82, 2.24) is 15.1 Å². The quantitative estimate of drug-likeness (QED) is 0.332. The SMILES string of the molecule is CC.CN(Cc1ccccc1C#N)C(=O)c1sc(C(=O)NC2CCOC2=O)cc1N=CN1CCCCC1. The third kappa shape index (κ3) is 7.17. The molecular formula is C27H33N5O4S. The molecule has 2 aliphatic heterocycles. The summed E-state index contributed by atoms with van der Waals surface area (Å²) in [5.74, 6) is -1.19. The summed E-state index contributed by atoms with van der Waals surface area (Å²) in [7, 11) is 1.66. The number of nitrogens with one attached hydrogen (secondary N) is 1. The van der Waals surface area contributed by atoms with Gasteiger partial charge in [0.2, 0.25) is 0 Å². The molecule has 4 rings (SSSR count). The van der Waals surface area contributed by atoms with Crippen LogP contribution in [0.4, 0.5) is 5.69 Å². The predicted octanol–water partition coefficient (Wildman–Crippen LogP) is 4.11. The van der Waals surface area contributed by atoms with E-state index in [-0.39, 0.29) is 19.1 Å². The lowest BCUT2D eigenvalue weighted by Crippen LogP contribution is -2.37. The number of esters is 1. The number of carbonyl (C=O) groups excluding carboxylic acids is 3. The van der Waals surface area contributed by atoms with Crippen molar-refractivity contribution in [2.75, 3.05) is 26.7 Å². The number of ether oxygens (including phenoxy) is 1. The fraction of sp³-hybridized carbons (Fsp3) is 0.444. The fourth-order valence-electron chi connectivity index (χ4n) is 4.04. The van der Waals surface area contributed by atoms with Crippen molar-refractivity contribution < 1.29 is 19.1 Å². The number of nitriles is 1. The summed E-state index contributed by atoms with van der Waals surface area (Å²) in [4.78, 5) is 46.8. The molecule has 0 radical (unpaired) electrons. The normalized spacial score (nSPS) is 17.0. The first-order chi connectivity index (χ1) is 18.0. The zero-order valence-electron chi connectivity index (χ0n) is 21.5. The van der Waals surface area contributed by atoms with Gasteiger partial charge in [-0.3, -0.25) is 9.59 Å². The van der Waals surface area contributed by atoms with Crippen molar-refractivity contribution in [3.8, 4) is 6.07 Å². The molecule has 1 aromatic heterocycles. The molecule has 0 bridgehead atoms. The van der Waals surface area contributed by atoms with Crippen LogP contribution < -0.4 is 5.32 Å². The standard InChI is InChI=1S/C25H27N5O4S.C2H6/c1-29(15-18-8-4-3-7-17(18)14-26)24(32)22-20(27-16-30-10-5-2-6-11-30)13-21(35-22)23(31)28-19-9-12-34-25(19)33;1-2/h3-4,7-8,13,16,19H,2,5-6,9-12,15H2,1H3,(H,28,31);1-2H3. The van der Waals surface area contributed by atoms with Crippen LogP contribution >= 0.6 is 11.3 Å². The van der Waals surface area contributed by atoms with E-state index in [0.29, 0.717) is 27.4 Å². The van der Waals surface area contributed by atoms with E-state index in [1.54, 1.807) is 31.6 Å². The van der Waals surface area contributed by atoms with Gasteiger partial charge in [0.15, 0.2) is 0 Å². The number of hydrogen-bond acceptors (Lipinski definition) is 7. The van der Waals surface area contributed by atoms with E-state index in [0.717, 1.165) is 42.8 Å². The Hall–Kier alpha value is -3.71. The number of cyclic esters (lactones) is 1. The van der Waals surface area contributed by atoms with Crippen molar-refractivity contribution in [2.45, 2.75) is 52.1 Å². The number of piperidine rings is 1. The summed E-state index contributed by atoms with van der Waals surface area (Å²) in [5.41, 5.74) is 1.65. The number of carbonyl (C=O) groups is 3. The Morgan fingerprint density at radius 3 is 2.68 bits per heavy atom. The van der Waals surface area contributed by atoms with Gasteiger partial charge in [-0.1, -0.05) is 32.0 Å². The Bertz CT molecular complexity index is 1180. The number of hydrogen-bond donors (Lipinski definition) is 1. The Morgan fingerprint density at radius 1 is 1.27 bits per heavy atom. The molecule has 2 aliphatic rings. The van der Waals surface area contributed by atoms with E-state index in [4.69, 9.17) is 4.74 Å². The van der Waals surface area contributed by atoms with E-state index in [1.165, 1.54) is 11.3 Å². The maximum Gasteiger partial charge on any atom is 0.328 e. The van der Waals surface area contributed by atoms with Gasteiger partial charge in [0.25, 0.3) is 11.8 Å². The van der Waals surface area contributed by atoms with Gasteiger partial charge in [-0.05, 0) is 37.0 Å². The molecule has 0 spiro atoms. The van der Waals surface area contributed by atoms with Gasteiger partial charge in [0.1, 0.15) is 10.9 Å². The van der Waals surface area contributed by atoms with Crippen LogP contribution in [0.15, 0.2) is 35.3 Å². The molecule has 0 saturated carbocycles. The highest BCUT2D eigenvalue weighted by Gasteiger charge is 2.30. The number of nitrogens with zero attached hydrogens (tertiary/aromatic N) is 4. The van der Waals surface area contributed by atoms with Crippen LogP contribution in [-0.2, 0) is 16.1 Å². The highest BCUT2D eigenvalue weighted by Crippen LogP contribution is 2.32. The van der Waals surface area contributed by atoms with Crippen LogP contribution in [0, 0.1) is 11.3 Å². The molecular weight excluding hydrogens is 490 g/mol. The van der Waals surface area contributed by atoms with Crippen LogP contribution in [-0.4, -0.2) is 66.7 Å². The third-order valence-corrected chi connectivity index (χ3v) is 7.13. The summed E-state index contributed by atoms with van der Waals surface area (Å²) in [6.45, 7) is 6.32. The van der Waals surface area contributed by atoms with Crippen LogP contribution in [0.25, 0.3) is 0 Å². The molecule has 10 heteroatoms. The topological polar surface area (TPSA) is 115 Å². The maximum atomic E-state index is 13.4. The molecule has 9 nitrogen and oxygen atoms in total. The zero-order chi connectivity index (χ0) is 26.8. The number of amides is 2. The third-order valence-electron chi connectivity index (χ3n) is 6.01. The number of aliphatic imine (C=N–C) groups is 1. The second-order valence-corrected chi connectivity index (χ2v) is 9.63. The molecule has 2 fully saturated rings. The van der Waals surface area contributed by atoms with Gasteiger partial charge in [0, 0.05) is 33.1 Å². The van der Waals surface area contributed by atoms with E-state index >= 15 is 0 Å². The lowest BCUT2D eigenvalue weighted by atomic mass is 10.1. The first kappa shape index (κ1) is 27.9. The molecule has 1 N–H and O–H groups in total. The van der Waals surface area contributed by atoms with Gasteiger partial charge in [-0.15, -0.1) is 11.3 Å². The lowest BCUT2D eigenvalue weighted by molar-refractivity contribution is -0.139. The second-order valence-electron chi connectivity index (χ2n) is 8.58. The molecule has 196 valence electrons. The predicted molar refractivity (Wildman–Crippen MR) is 143 cm³/mol. The Labute approximate surface area is 221 Å². The molecule has 2 aromatic rings. The zero-order valence-corrected chi connectivity index (χ0v) is 22.3. The summed E-state index contributed by atoms with van der Waals surface area (Å²) in [6.07, 6.45) is 5.53. The van der Waals surface area contributed by atoms with E-state index < -0.39 is 17.9 Å². The smallest absolute Gasteiger partial charge is 0.328 e. The molecule has 2 amide bonds. The number of likely N-dealkylation sites (tertiary alicyclic amines) is 1. The minimum absolute atomic E-state index is 0.241. The van der Waals surface area contributed by atoms with Crippen molar-refractivity contribution >= 4 is 41.1 Å². The van der Waals surface area contributed by atoms with Crippen molar-refractivity contribution in [2.24, 2.45) is 4.99 Å². The summed E-state index contributed by atoms with van der Waals surface area (Å²) >= 11 is 1.04. The van der Waals surface area contributed by atoms with Crippen LogP contribution in [0.3, 0.4) is 0 Å². The minimum atomic E-state index is -0.686. The van der Waals surface area contributed by atoms with Gasteiger partial charge >= 0.3 is 5.97 Å². The molecule has 2 saturated heterocycles. The molecule has 1 aromatic carbocycles. The van der Waals surface area contributed by atoms with E-state index in [1.807, 2.05) is 26.0 Å². The van der Waals surface area contributed by atoms with Gasteiger partial charge in [-0.2, -0.15) is 5.26 Å². The van der Waals surface area contributed by atoms with Crippen molar-refractivity contribution in [3.63, 3.8) is 0 Å². The number of rotatable bonds is 7. The Kier molecular flexibility index (Phi) is 10.2. The number of thiophene rings is 1. The number of benzene rings is 1. The summed E-state index contributed by atoms with van der Waals surface area (Å²) in [5, 5.41) is 12.1. The van der Waals surface area contributed by atoms with Crippen LogP contribution in [0.5, 0.6) is 0 Å². The van der Waals surface area contributed by atoms with Crippen LogP contribution in [0.2, 0.25) is 0 Å². The maximum absolute atomic E-state index is 13.4. The fourth-order valence-corrected chi connectivity index (χ4v) is 5.05. The van der Waals surface area contributed by atoms with Gasteiger partial charge in [0.05, 0.1) is 35.1 Å². The van der Waals surface area contributed by atoms with Crippen molar-refractivity contribution in [1.29, 1.82) is 5.26 Å². The largest absolute Gasteiger partial charge is 0.464 e. The molecule has 1 unspecified atom stereocenters. The molecule has 37 heavy (non-hydrogen) atoms. The second kappa shape index (κ2) is 13.6. The highest BCUT2D eigenvalue weighted by atomic mass is 32.1. The highest BCUT2D eigenvalue weighted by molar-refractivity contribution is 7.16. The average molecular weight is 524 g/mol. The lowest BCUT2D eigenvalue weighted by Gasteiger charge is -2.23. The first-order valence-electron chi connectivity index (χ1n) is 12.6.